The monoisotopic (exact) mass is 392 g/mol. The first-order valence-corrected chi connectivity index (χ1v) is 9.33. The molecular formula is C23H24N2O4. The highest BCUT2D eigenvalue weighted by Crippen LogP contribution is 2.46. The van der Waals surface area contributed by atoms with Gasteiger partial charge in [-0.2, -0.15) is 0 Å². The van der Waals surface area contributed by atoms with E-state index in [0.717, 1.165) is 16.9 Å². The molecule has 0 atom stereocenters. The highest BCUT2D eigenvalue weighted by Gasteiger charge is 2.38. The number of ether oxygens (including phenoxy) is 1. The summed E-state index contributed by atoms with van der Waals surface area (Å²) in [5.41, 5.74) is 3.50. The fourth-order valence-electron chi connectivity index (χ4n) is 3.60. The average molecular weight is 392 g/mol. The summed E-state index contributed by atoms with van der Waals surface area (Å²) in [6.07, 6.45) is 1.54. The Morgan fingerprint density at radius 1 is 1.10 bits per heavy atom. The molecule has 0 fully saturated rings. The molecule has 1 N–H and O–H groups in total. The lowest BCUT2D eigenvalue weighted by molar-refractivity contribution is -0.117. The third-order valence-corrected chi connectivity index (χ3v) is 5.00. The van der Waals surface area contributed by atoms with Crippen molar-refractivity contribution in [1.29, 1.82) is 0 Å². The van der Waals surface area contributed by atoms with Crippen molar-refractivity contribution in [1.82, 2.24) is 0 Å². The minimum Gasteiger partial charge on any atom is -0.454 e. The Bertz CT molecular complexity index is 1010. The molecular weight excluding hydrogens is 368 g/mol. The maximum absolute atomic E-state index is 12.5. The minimum absolute atomic E-state index is 0.235. The second-order valence-electron chi connectivity index (χ2n) is 7.54. The van der Waals surface area contributed by atoms with Gasteiger partial charge >= 0.3 is 5.97 Å². The Morgan fingerprint density at radius 2 is 1.83 bits per heavy atom. The molecule has 0 bridgehead atoms. The molecule has 1 amide bonds. The number of rotatable bonds is 5. The molecule has 1 aliphatic heterocycles. The largest absolute Gasteiger partial charge is 0.454 e. The first-order valence-electron chi connectivity index (χ1n) is 9.33. The molecule has 1 heterocycles. The van der Waals surface area contributed by atoms with Crippen LogP contribution in [0.25, 0.3) is 0 Å². The van der Waals surface area contributed by atoms with Crippen LogP contribution < -0.4 is 10.2 Å². The fraction of sp³-hybridized carbons (Fsp3) is 0.261. The van der Waals surface area contributed by atoms with E-state index in [1.54, 1.807) is 24.3 Å². The molecule has 1 aliphatic rings. The third kappa shape index (κ3) is 4.21. The Kier molecular flexibility index (Phi) is 5.55. The molecule has 2 aromatic rings. The number of fused-ring (bicyclic) bond motifs is 1. The van der Waals surface area contributed by atoms with Crippen LogP contribution in [0, 0.1) is 0 Å². The number of benzene rings is 2. The van der Waals surface area contributed by atoms with Gasteiger partial charge in [0, 0.05) is 42.5 Å². The first-order chi connectivity index (χ1) is 13.7. The summed E-state index contributed by atoms with van der Waals surface area (Å²) in [4.78, 5) is 37.9. The number of esters is 1. The molecule has 6 nitrogen and oxygen atoms in total. The van der Waals surface area contributed by atoms with E-state index in [-0.39, 0.29) is 29.3 Å². The van der Waals surface area contributed by atoms with Crippen LogP contribution >= 0.6 is 0 Å². The van der Waals surface area contributed by atoms with Crippen molar-refractivity contribution in [3.05, 3.63) is 71.4 Å². The SMILES string of the molecule is CC(=O)Nc1cccc(C(=O)OCC(=O)C=C2N(C)c3ccccc3C2(C)C)c1. The fourth-order valence-corrected chi connectivity index (χ4v) is 3.60. The van der Waals surface area contributed by atoms with Crippen LogP contribution in [0.4, 0.5) is 11.4 Å². The minimum atomic E-state index is -0.619. The summed E-state index contributed by atoms with van der Waals surface area (Å²) in [5.74, 6) is -1.15. The zero-order valence-electron chi connectivity index (χ0n) is 17.0. The van der Waals surface area contributed by atoms with E-state index >= 15 is 0 Å². The quantitative estimate of drug-likeness (QED) is 0.621. The van der Waals surface area contributed by atoms with E-state index < -0.39 is 5.97 Å². The molecule has 0 aliphatic carbocycles. The summed E-state index contributed by atoms with van der Waals surface area (Å²) in [7, 11) is 1.92. The van der Waals surface area contributed by atoms with Crippen LogP contribution in [0.3, 0.4) is 0 Å². The van der Waals surface area contributed by atoms with Crippen LogP contribution in [-0.2, 0) is 19.7 Å². The molecule has 29 heavy (non-hydrogen) atoms. The number of para-hydroxylation sites is 1. The Balaban J connectivity index is 1.69. The van der Waals surface area contributed by atoms with Gasteiger partial charge in [0.05, 0.1) is 5.56 Å². The van der Waals surface area contributed by atoms with E-state index in [2.05, 4.69) is 25.2 Å². The lowest BCUT2D eigenvalue weighted by Gasteiger charge is -2.23. The molecule has 6 heteroatoms. The molecule has 0 saturated heterocycles. The van der Waals surface area contributed by atoms with Crippen molar-refractivity contribution in [2.75, 3.05) is 23.9 Å². The number of anilines is 2. The maximum Gasteiger partial charge on any atom is 0.338 e. The molecule has 2 aromatic carbocycles. The number of carbonyl (C=O) groups is 3. The van der Waals surface area contributed by atoms with Gasteiger partial charge in [-0.25, -0.2) is 4.79 Å². The van der Waals surface area contributed by atoms with Gasteiger partial charge in [0.1, 0.15) is 0 Å². The highest BCUT2D eigenvalue weighted by atomic mass is 16.5. The first kappa shape index (κ1) is 20.3. The van der Waals surface area contributed by atoms with Gasteiger partial charge in [0.15, 0.2) is 12.4 Å². The van der Waals surface area contributed by atoms with Crippen molar-refractivity contribution in [2.45, 2.75) is 26.2 Å². The van der Waals surface area contributed by atoms with Crippen molar-refractivity contribution in [3.8, 4) is 0 Å². The molecule has 0 unspecified atom stereocenters. The Hall–Kier alpha value is -3.41. The second-order valence-corrected chi connectivity index (χ2v) is 7.54. The molecule has 0 radical (unpaired) electrons. The van der Waals surface area contributed by atoms with Crippen LogP contribution in [0.15, 0.2) is 60.3 Å². The average Bonchev–Trinajstić information content (AvgIpc) is 2.87. The zero-order chi connectivity index (χ0) is 21.2. The van der Waals surface area contributed by atoms with Gasteiger partial charge in [-0.1, -0.05) is 38.1 Å². The van der Waals surface area contributed by atoms with Gasteiger partial charge in [-0.3, -0.25) is 9.59 Å². The van der Waals surface area contributed by atoms with Gasteiger partial charge in [-0.05, 0) is 29.8 Å². The predicted molar refractivity (Wildman–Crippen MR) is 112 cm³/mol. The van der Waals surface area contributed by atoms with Crippen molar-refractivity contribution in [2.24, 2.45) is 0 Å². The van der Waals surface area contributed by atoms with Crippen LogP contribution in [-0.4, -0.2) is 31.3 Å². The summed E-state index contributed by atoms with van der Waals surface area (Å²) in [6, 6.07) is 14.4. The number of carbonyl (C=O) groups excluding carboxylic acids is 3. The third-order valence-electron chi connectivity index (χ3n) is 5.00. The van der Waals surface area contributed by atoms with Crippen LogP contribution in [0.2, 0.25) is 0 Å². The van der Waals surface area contributed by atoms with Crippen LogP contribution in [0.5, 0.6) is 0 Å². The van der Waals surface area contributed by atoms with Gasteiger partial charge in [-0.15, -0.1) is 0 Å². The zero-order valence-corrected chi connectivity index (χ0v) is 17.0. The standard InChI is InChI=1S/C23H24N2O4/c1-15(26)24-17-9-7-8-16(12-17)22(28)29-14-18(27)13-21-23(2,3)19-10-5-6-11-20(19)25(21)4/h5-13H,14H2,1-4H3,(H,24,26). The van der Waals surface area contributed by atoms with Crippen molar-refractivity contribution in [3.63, 3.8) is 0 Å². The van der Waals surface area contributed by atoms with Crippen molar-refractivity contribution >= 4 is 29.0 Å². The van der Waals surface area contributed by atoms with Gasteiger partial charge in [0.25, 0.3) is 0 Å². The molecule has 3 rings (SSSR count). The maximum atomic E-state index is 12.5. The molecule has 150 valence electrons. The number of nitrogens with one attached hydrogen (secondary N) is 1. The van der Waals surface area contributed by atoms with E-state index in [1.807, 2.05) is 30.1 Å². The lowest BCUT2D eigenvalue weighted by Crippen LogP contribution is -2.25. The Morgan fingerprint density at radius 3 is 2.52 bits per heavy atom. The van der Waals surface area contributed by atoms with E-state index in [0.29, 0.717) is 5.69 Å². The number of amides is 1. The summed E-state index contributed by atoms with van der Waals surface area (Å²) in [5, 5.41) is 2.61. The molecule has 0 saturated carbocycles. The summed E-state index contributed by atoms with van der Waals surface area (Å²) in [6.45, 7) is 5.16. The number of allylic oxidation sites excluding steroid dienone is 1. The number of hydrogen-bond donors (Lipinski definition) is 1. The number of ketones is 1. The smallest absolute Gasteiger partial charge is 0.338 e. The number of nitrogens with zero attached hydrogens (tertiary/aromatic N) is 1. The normalized spacial score (nSPS) is 15.7. The lowest BCUT2D eigenvalue weighted by atomic mass is 9.83. The van der Waals surface area contributed by atoms with Gasteiger partial charge in [0.2, 0.25) is 5.91 Å². The Labute approximate surface area is 170 Å². The molecule has 0 spiro atoms. The topological polar surface area (TPSA) is 75.7 Å². The second kappa shape index (κ2) is 7.91. The molecule has 0 aromatic heterocycles. The predicted octanol–water partition coefficient (Wildman–Crippen LogP) is 3.68. The summed E-state index contributed by atoms with van der Waals surface area (Å²) >= 11 is 0. The van der Waals surface area contributed by atoms with E-state index in [4.69, 9.17) is 4.74 Å². The van der Waals surface area contributed by atoms with E-state index in [1.165, 1.54) is 13.0 Å². The highest BCUT2D eigenvalue weighted by molar-refractivity contribution is 5.97. The van der Waals surface area contributed by atoms with Gasteiger partial charge < -0.3 is 15.0 Å². The number of likely N-dealkylation sites (N-methyl/N-ethyl adjacent to an activating group) is 1. The number of hydrogen-bond acceptors (Lipinski definition) is 5. The van der Waals surface area contributed by atoms with Crippen molar-refractivity contribution < 1.29 is 19.1 Å². The van der Waals surface area contributed by atoms with Crippen LogP contribution in [0.1, 0.15) is 36.7 Å². The van der Waals surface area contributed by atoms with E-state index in [9.17, 15) is 14.4 Å². The summed E-state index contributed by atoms with van der Waals surface area (Å²) < 4.78 is 5.18.